The molecule has 0 spiro atoms. The first-order valence-electron chi connectivity index (χ1n) is 6.71. The fourth-order valence-electron chi connectivity index (χ4n) is 3.86. The van der Waals surface area contributed by atoms with Crippen LogP contribution in [0.4, 0.5) is 0 Å². The molecule has 0 amide bonds. The third kappa shape index (κ3) is 1.80. The van der Waals surface area contributed by atoms with Gasteiger partial charge in [-0.15, -0.1) is 0 Å². The molecule has 88 valence electrons. The maximum Gasteiger partial charge on any atom is 0.0253 e. The van der Waals surface area contributed by atoms with Crippen LogP contribution in [0, 0.1) is 17.8 Å². The van der Waals surface area contributed by atoms with Gasteiger partial charge in [0.25, 0.3) is 0 Å². The van der Waals surface area contributed by atoms with Gasteiger partial charge in [0.2, 0.25) is 0 Å². The maximum atomic E-state index is 5.64. The fraction of sp³-hybridized carbons (Fsp3) is 0.714. The van der Waals surface area contributed by atoms with Gasteiger partial charge in [0.1, 0.15) is 0 Å². The van der Waals surface area contributed by atoms with E-state index in [4.69, 9.17) is 5.73 Å². The molecule has 2 saturated carbocycles. The van der Waals surface area contributed by atoms with E-state index in [0.717, 1.165) is 30.7 Å². The number of hydrogen-bond acceptors (Lipinski definition) is 1. The Labute approximate surface area is 97.8 Å². The smallest absolute Gasteiger partial charge is 0.0253 e. The second-order valence-corrected chi connectivity index (χ2v) is 5.63. The number of hydrogen-bond donors (Lipinski definition) is 1. The topological polar surface area (TPSA) is 30.9 Å². The van der Waals surface area contributed by atoms with Crippen LogP contribution in [0.5, 0.6) is 0 Å². The summed E-state index contributed by atoms with van der Waals surface area (Å²) in [6.07, 6.45) is 9.24. The molecule has 0 saturated heterocycles. The molecule has 16 heavy (non-hydrogen) atoms. The highest BCUT2D eigenvalue weighted by molar-refractivity contribution is 5.08. The van der Waals surface area contributed by atoms with Crippen LogP contribution in [0.15, 0.2) is 18.3 Å². The van der Waals surface area contributed by atoms with Gasteiger partial charge in [0, 0.05) is 18.4 Å². The van der Waals surface area contributed by atoms with Crippen molar-refractivity contribution in [2.45, 2.75) is 38.6 Å². The lowest BCUT2D eigenvalue weighted by atomic mass is 9.89. The molecule has 2 bridgehead atoms. The van der Waals surface area contributed by atoms with Crippen molar-refractivity contribution in [3.05, 3.63) is 24.0 Å². The van der Waals surface area contributed by atoms with E-state index in [9.17, 15) is 0 Å². The summed E-state index contributed by atoms with van der Waals surface area (Å²) in [4.78, 5) is 0. The summed E-state index contributed by atoms with van der Waals surface area (Å²) in [5, 5.41) is 0. The van der Waals surface area contributed by atoms with E-state index in [2.05, 4.69) is 22.9 Å². The average molecular weight is 218 g/mol. The molecule has 2 nitrogen and oxygen atoms in total. The van der Waals surface area contributed by atoms with Crippen molar-refractivity contribution in [1.82, 2.24) is 4.57 Å². The van der Waals surface area contributed by atoms with Gasteiger partial charge in [0.15, 0.2) is 0 Å². The molecule has 1 aromatic rings. The zero-order valence-corrected chi connectivity index (χ0v) is 9.94. The number of nitrogens with two attached hydrogens (primary N) is 1. The van der Waals surface area contributed by atoms with Crippen molar-refractivity contribution in [1.29, 1.82) is 0 Å². The molecule has 3 atom stereocenters. The third-order valence-electron chi connectivity index (χ3n) is 4.64. The SMILES string of the molecule is NCCc1cccn1CC1CC2CCC1C2. The van der Waals surface area contributed by atoms with Crippen molar-refractivity contribution in [2.75, 3.05) is 6.54 Å². The van der Waals surface area contributed by atoms with Crippen LogP contribution in [-0.4, -0.2) is 11.1 Å². The largest absolute Gasteiger partial charge is 0.351 e. The monoisotopic (exact) mass is 218 g/mol. The summed E-state index contributed by atoms with van der Waals surface area (Å²) in [6.45, 7) is 2.00. The lowest BCUT2D eigenvalue weighted by Crippen LogP contribution is -2.19. The molecule has 2 N–H and O–H groups in total. The summed E-state index contributed by atoms with van der Waals surface area (Å²) in [5.74, 6) is 3.03. The van der Waals surface area contributed by atoms with Gasteiger partial charge in [-0.3, -0.25) is 0 Å². The second-order valence-electron chi connectivity index (χ2n) is 5.63. The van der Waals surface area contributed by atoms with Crippen molar-refractivity contribution >= 4 is 0 Å². The van der Waals surface area contributed by atoms with E-state index in [-0.39, 0.29) is 0 Å². The summed E-state index contributed by atoms with van der Waals surface area (Å²) in [7, 11) is 0. The minimum Gasteiger partial charge on any atom is -0.351 e. The number of nitrogens with zero attached hydrogens (tertiary/aromatic N) is 1. The van der Waals surface area contributed by atoms with Gasteiger partial charge >= 0.3 is 0 Å². The van der Waals surface area contributed by atoms with Crippen molar-refractivity contribution in [3.8, 4) is 0 Å². The Hall–Kier alpha value is -0.760. The second kappa shape index (κ2) is 4.25. The van der Waals surface area contributed by atoms with Crippen LogP contribution < -0.4 is 5.73 Å². The average Bonchev–Trinajstić information content (AvgIpc) is 2.96. The van der Waals surface area contributed by atoms with E-state index in [1.807, 2.05) is 0 Å². The highest BCUT2D eigenvalue weighted by Crippen LogP contribution is 2.48. The molecule has 3 unspecified atom stereocenters. The molecular weight excluding hydrogens is 196 g/mol. The van der Waals surface area contributed by atoms with Crippen LogP contribution in [-0.2, 0) is 13.0 Å². The first kappa shape index (κ1) is 10.4. The molecule has 0 aromatic carbocycles. The van der Waals surface area contributed by atoms with Crippen LogP contribution in [0.25, 0.3) is 0 Å². The summed E-state index contributed by atoms with van der Waals surface area (Å²) >= 11 is 0. The van der Waals surface area contributed by atoms with Gasteiger partial charge in [-0.2, -0.15) is 0 Å². The standard InChI is InChI=1S/C14H22N2/c15-6-5-14-2-1-7-16(14)10-13-9-11-3-4-12(13)8-11/h1-2,7,11-13H,3-6,8-10,15H2. The van der Waals surface area contributed by atoms with Crippen molar-refractivity contribution < 1.29 is 0 Å². The van der Waals surface area contributed by atoms with Crippen LogP contribution in [0.3, 0.4) is 0 Å². The molecule has 0 aliphatic heterocycles. The molecule has 1 heterocycles. The van der Waals surface area contributed by atoms with Crippen molar-refractivity contribution in [3.63, 3.8) is 0 Å². The Morgan fingerprint density at radius 1 is 1.31 bits per heavy atom. The molecule has 2 aliphatic rings. The Morgan fingerprint density at radius 2 is 2.25 bits per heavy atom. The number of aromatic nitrogens is 1. The first-order valence-corrected chi connectivity index (χ1v) is 6.71. The summed E-state index contributed by atoms with van der Waals surface area (Å²) in [5.41, 5.74) is 7.07. The van der Waals surface area contributed by atoms with Gasteiger partial charge in [-0.05, 0) is 62.1 Å². The highest BCUT2D eigenvalue weighted by atomic mass is 15.0. The normalized spacial score (nSPS) is 32.4. The highest BCUT2D eigenvalue weighted by Gasteiger charge is 2.39. The van der Waals surface area contributed by atoms with Crippen molar-refractivity contribution in [2.24, 2.45) is 23.5 Å². The first-order chi connectivity index (χ1) is 7.86. The molecule has 2 heteroatoms. The van der Waals surface area contributed by atoms with Gasteiger partial charge in [-0.1, -0.05) is 6.42 Å². The van der Waals surface area contributed by atoms with Gasteiger partial charge < -0.3 is 10.3 Å². The van der Waals surface area contributed by atoms with Crippen LogP contribution >= 0.6 is 0 Å². The predicted octanol–water partition coefficient (Wildman–Crippen LogP) is 2.43. The minimum absolute atomic E-state index is 0.765. The predicted molar refractivity (Wildman–Crippen MR) is 66.1 cm³/mol. The Morgan fingerprint density at radius 3 is 2.94 bits per heavy atom. The van der Waals surface area contributed by atoms with E-state index in [1.54, 1.807) is 0 Å². The molecule has 0 radical (unpaired) electrons. The quantitative estimate of drug-likeness (QED) is 0.826. The van der Waals surface area contributed by atoms with Gasteiger partial charge in [0.05, 0.1) is 0 Å². The molecule has 2 aliphatic carbocycles. The fourth-order valence-corrected chi connectivity index (χ4v) is 3.86. The molecule has 1 aromatic heterocycles. The maximum absolute atomic E-state index is 5.64. The van der Waals surface area contributed by atoms with Crippen LogP contribution in [0.1, 0.15) is 31.4 Å². The zero-order chi connectivity index (χ0) is 11.0. The summed E-state index contributed by atoms with van der Waals surface area (Å²) in [6, 6.07) is 4.39. The van der Waals surface area contributed by atoms with E-state index < -0.39 is 0 Å². The molecule has 2 fully saturated rings. The Kier molecular flexibility index (Phi) is 2.76. The Bertz CT molecular complexity index is 355. The zero-order valence-electron chi connectivity index (χ0n) is 9.94. The number of fused-ring (bicyclic) bond motifs is 2. The van der Waals surface area contributed by atoms with E-state index in [0.29, 0.717) is 0 Å². The third-order valence-corrected chi connectivity index (χ3v) is 4.64. The number of rotatable bonds is 4. The van der Waals surface area contributed by atoms with E-state index >= 15 is 0 Å². The lowest BCUT2D eigenvalue weighted by molar-refractivity contribution is 0.293. The molecule has 3 rings (SSSR count). The minimum atomic E-state index is 0.765. The summed E-state index contributed by atoms with van der Waals surface area (Å²) < 4.78 is 2.44. The lowest BCUT2D eigenvalue weighted by Gasteiger charge is -2.23. The van der Waals surface area contributed by atoms with Gasteiger partial charge in [-0.25, -0.2) is 0 Å². The van der Waals surface area contributed by atoms with E-state index in [1.165, 1.54) is 37.9 Å². The molecular formula is C14H22N2. The Balaban J connectivity index is 1.67. The van der Waals surface area contributed by atoms with Crippen LogP contribution in [0.2, 0.25) is 0 Å².